The van der Waals surface area contributed by atoms with E-state index in [4.69, 9.17) is 4.42 Å². The van der Waals surface area contributed by atoms with Gasteiger partial charge in [-0.2, -0.15) is 0 Å². The Hall–Kier alpha value is -8.46. The zero-order valence-electron chi connectivity index (χ0n) is 39.2. The second kappa shape index (κ2) is 14.8. The summed E-state index contributed by atoms with van der Waals surface area (Å²) in [7, 11) is 0. The molecule has 1 heterocycles. The molecule has 1 aliphatic carbocycles. The highest BCUT2D eigenvalue weighted by atomic mass is 16.3. The number of fused-ring (bicyclic) bond motifs is 9. The van der Waals surface area contributed by atoms with Crippen LogP contribution in [0, 0.1) is 0 Å². The molecule has 11 aromatic carbocycles. The van der Waals surface area contributed by atoms with Gasteiger partial charge in [-0.25, -0.2) is 0 Å². The third-order valence-corrected chi connectivity index (χ3v) is 13.4. The Balaban J connectivity index is 1.09. The van der Waals surface area contributed by atoms with Crippen LogP contribution in [0.4, 0.5) is 17.1 Å². The minimum Gasteiger partial charge on any atom is -0.456 e. The van der Waals surface area contributed by atoms with Crippen molar-refractivity contribution in [3.8, 4) is 33.4 Å². The van der Waals surface area contributed by atoms with Gasteiger partial charge in [0.1, 0.15) is 11.2 Å². The molecule has 13 rings (SSSR count). The summed E-state index contributed by atoms with van der Waals surface area (Å²) in [5.74, 6) is 0. The largest absolute Gasteiger partial charge is 0.456 e. The van der Waals surface area contributed by atoms with Crippen molar-refractivity contribution in [2.24, 2.45) is 0 Å². The van der Waals surface area contributed by atoms with Crippen LogP contribution in [0.2, 0.25) is 0 Å². The minimum atomic E-state index is -0.716. The van der Waals surface area contributed by atoms with Gasteiger partial charge in [-0.15, -0.1) is 0 Å². The van der Waals surface area contributed by atoms with Crippen molar-refractivity contribution >= 4 is 60.5 Å². The number of hydrogen-bond acceptors (Lipinski definition) is 2. The highest BCUT2D eigenvalue weighted by Gasteiger charge is 2.46. The molecule has 1 aliphatic rings. The van der Waals surface area contributed by atoms with E-state index in [0.717, 1.165) is 65.9 Å². The SMILES string of the molecule is [2H]c1c([2H])c(N(c2cccc(-c3cc4ccccc4c4ccccc34)c2)c2ccc3c(c2)C(c2ccccc2)(c2ccccc2)c2ccccc2-3)c([2H])c([2H])c1-c1cccc2oc3ccccc3c12. The first kappa shape index (κ1) is 33.1. The first-order chi connectivity index (χ1) is 33.9. The van der Waals surface area contributed by atoms with Crippen LogP contribution in [-0.2, 0) is 5.41 Å². The lowest BCUT2D eigenvalue weighted by atomic mass is 9.67. The second-order valence-electron chi connectivity index (χ2n) is 16.8. The van der Waals surface area contributed by atoms with Crippen molar-refractivity contribution in [3.05, 3.63) is 271 Å². The topological polar surface area (TPSA) is 16.4 Å². The fraction of sp³-hybridized carbons (Fsp3) is 0.0159. The first-order valence-corrected chi connectivity index (χ1v) is 22.1. The second-order valence-corrected chi connectivity index (χ2v) is 16.8. The average Bonchev–Trinajstić information content (AvgIpc) is 3.94. The quantitative estimate of drug-likeness (QED) is 0.149. The van der Waals surface area contributed by atoms with Gasteiger partial charge in [0.15, 0.2) is 0 Å². The Labute approximate surface area is 383 Å². The Kier molecular flexibility index (Phi) is 7.56. The van der Waals surface area contributed by atoms with E-state index in [1.807, 2.05) is 59.5 Å². The lowest BCUT2D eigenvalue weighted by Crippen LogP contribution is -2.28. The number of anilines is 3. The fourth-order valence-corrected chi connectivity index (χ4v) is 10.6. The monoisotopic (exact) mass is 831 g/mol. The normalized spacial score (nSPS) is 13.6. The molecule has 0 saturated heterocycles. The molecule has 2 nitrogen and oxygen atoms in total. The Morgan fingerprint density at radius 3 is 1.75 bits per heavy atom. The summed E-state index contributed by atoms with van der Waals surface area (Å²) in [6, 6.07) is 76.6. The molecule has 0 spiro atoms. The Bertz CT molecular complexity index is 3960. The predicted molar refractivity (Wildman–Crippen MR) is 272 cm³/mol. The van der Waals surface area contributed by atoms with Gasteiger partial charge in [-0.1, -0.05) is 194 Å². The summed E-state index contributed by atoms with van der Waals surface area (Å²) in [4.78, 5) is 1.94. The van der Waals surface area contributed by atoms with Crippen LogP contribution >= 0.6 is 0 Å². The molecule has 0 aliphatic heterocycles. The zero-order valence-corrected chi connectivity index (χ0v) is 35.2. The molecular formula is C63H41NO. The van der Waals surface area contributed by atoms with Crippen molar-refractivity contribution in [3.63, 3.8) is 0 Å². The molecule has 65 heavy (non-hydrogen) atoms. The van der Waals surface area contributed by atoms with Crippen LogP contribution in [0.5, 0.6) is 0 Å². The van der Waals surface area contributed by atoms with Gasteiger partial charge >= 0.3 is 0 Å². The highest BCUT2D eigenvalue weighted by molar-refractivity contribution is 6.14. The number of nitrogens with zero attached hydrogens (tertiary/aromatic N) is 1. The zero-order chi connectivity index (χ0) is 46.4. The maximum absolute atomic E-state index is 10.1. The van der Waals surface area contributed by atoms with Crippen molar-refractivity contribution in [1.29, 1.82) is 0 Å². The molecule has 12 aromatic rings. The fourth-order valence-electron chi connectivity index (χ4n) is 10.6. The summed E-state index contributed by atoms with van der Waals surface area (Å²) in [5, 5.41) is 6.17. The molecule has 304 valence electrons. The average molecular weight is 832 g/mol. The van der Waals surface area contributed by atoms with Crippen LogP contribution < -0.4 is 4.90 Å². The molecule has 0 fully saturated rings. The van der Waals surface area contributed by atoms with Crippen molar-refractivity contribution in [2.75, 3.05) is 4.90 Å². The van der Waals surface area contributed by atoms with Crippen molar-refractivity contribution in [1.82, 2.24) is 0 Å². The van der Waals surface area contributed by atoms with Crippen LogP contribution in [0.15, 0.2) is 253 Å². The lowest BCUT2D eigenvalue weighted by molar-refractivity contribution is 0.669. The Morgan fingerprint density at radius 1 is 0.354 bits per heavy atom. The van der Waals surface area contributed by atoms with Crippen molar-refractivity contribution in [2.45, 2.75) is 5.41 Å². The molecule has 0 bridgehead atoms. The van der Waals surface area contributed by atoms with E-state index in [1.165, 1.54) is 10.9 Å². The summed E-state index contributed by atoms with van der Waals surface area (Å²) in [6.45, 7) is 0. The Morgan fingerprint density at radius 2 is 0.954 bits per heavy atom. The van der Waals surface area contributed by atoms with Gasteiger partial charge in [-0.05, 0) is 132 Å². The van der Waals surface area contributed by atoms with Crippen LogP contribution in [-0.4, -0.2) is 0 Å². The van der Waals surface area contributed by atoms with Gasteiger partial charge < -0.3 is 9.32 Å². The van der Waals surface area contributed by atoms with E-state index in [2.05, 4.69) is 170 Å². The van der Waals surface area contributed by atoms with E-state index < -0.39 is 5.41 Å². The van der Waals surface area contributed by atoms with Crippen LogP contribution in [0.1, 0.15) is 27.7 Å². The molecule has 0 radical (unpaired) electrons. The molecule has 0 N–H and O–H groups in total. The van der Waals surface area contributed by atoms with Gasteiger partial charge in [-0.3, -0.25) is 0 Å². The van der Waals surface area contributed by atoms with E-state index >= 15 is 0 Å². The number of benzene rings is 11. The maximum atomic E-state index is 10.1. The summed E-state index contributed by atoms with van der Waals surface area (Å²) in [6.07, 6.45) is 0. The van der Waals surface area contributed by atoms with E-state index in [0.29, 0.717) is 28.1 Å². The number of rotatable bonds is 7. The van der Waals surface area contributed by atoms with E-state index in [-0.39, 0.29) is 35.4 Å². The van der Waals surface area contributed by atoms with Crippen LogP contribution in [0.3, 0.4) is 0 Å². The summed E-state index contributed by atoms with van der Waals surface area (Å²) >= 11 is 0. The van der Waals surface area contributed by atoms with Crippen LogP contribution in [0.25, 0.3) is 76.9 Å². The third-order valence-electron chi connectivity index (χ3n) is 13.4. The van der Waals surface area contributed by atoms with Gasteiger partial charge in [0.05, 0.1) is 10.9 Å². The molecule has 0 unspecified atom stereocenters. The van der Waals surface area contributed by atoms with Gasteiger partial charge in [0.25, 0.3) is 0 Å². The lowest BCUT2D eigenvalue weighted by Gasteiger charge is -2.35. The standard InChI is InChI=1S/C63H41NO/c1-3-19-45(20-4-1)63(46-21-5-2-6-22-46)58-30-13-11-27-54(58)55-38-37-49(41-59(55)63)64(47-35-33-42(34-36-47)51-29-16-32-61-62(51)56-28-12-14-31-60(56)65-61)48-23-15-18-43(39-48)57-40-44-17-7-8-24-50(44)52-25-9-10-26-53(52)57/h1-41H/i33D,34D,35D,36D. The van der Waals surface area contributed by atoms with E-state index in [1.54, 1.807) is 0 Å². The molecule has 0 amide bonds. The number of hydrogen-bond donors (Lipinski definition) is 0. The molecular weight excluding hydrogens is 787 g/mol. The van der Waals surface area contributed by atoms with Crippen molar-refractivity contribution < 1.29 is 9.90 Å². The summed E-state index contributed by atoms with van der Waals surface area (Å²) in [5.41, 5.74) is 11.7. The molecule has 0 atom stereocenters. The molecule has 0 saturated carbocycles. The van der Waals surface area contributed by atoms with Gasteiger partial charge in [0.2, 0.25) is 0 Å². The third kappa shape index (κ3) is 5.74. The van der Waals surface area contributed by atoms with Gasteiger partial charge in [0, 0.05) is 27.8 Å². The number of para-hydroxylation sites is 1. The highest BCUT2D eigenvalue weighted by Crippen LogP contribution is 2.57. The van der Waals surface area contributed by atoms with E-state index in [9.17, 15) is 5.48 Å². The minimum absolute atomic E-state index is 0.137. The first-order valence-electron chi connectivity index (χ1n) is 24.1. The molecule has 2 heteroatoms. The number of furan rings is 1. The predicted octanol–water partition coefficient (Wildman–Crippen LogP) is 17.1. The smallest absolute Gasteiger partial charge is 0.136 e. The maximum Gasteiger partial charge on any atom is 0.136 e. The molecule has 1 aromatic heterocycles. The summed E-state index contributed by atoms with van der Waals surface area (Å²) < 4.78 is 46.1.